The van der Waals surface area contributed by atoms with E-state index < -0.39 is 0 Å². The average Bonchev–Trinajstić information content (AvgIpc) is 3.54. The van der Waals surface area contributed by atoms with Gasteiger partial charge in [-0.25, -0.2) is 0 Å². The standard InChI is InChI=1S/C22H21N3O2/c1-15(17-6-5-7-18(14-17)16-10-11-16)23-22(27)20-12-13-21(26)25(24-20)19-8-3-2-4-9-19/h2-9,12-16H,10-11H2,1H3,(H,23,27)/t15-/m1/s1. The van der Waals surface area contributed by atoms with Gasteiger partial charge in [-0.1, -0.05) is 42.5 Å². The van der Waals surface area contributed by atoms with Crippen molar-refractivity contribution >= 4 is 5.91 Å². The SMILES string of the molecule is C[C@@H](NC(=O)c1ccc(=O)n(-c2ccccc2)n1)c1cccc(C2CC2)c1. The molecule has 1 aliphatic carbocycles. The molecule has 1 atom stereocenters. The van der Waals surface area contributed by atoms with Crippen LogP contribution in [0.3, 0.4) is 0 Å². The van der Waals surface area contributed by atoms with Crippen LogP contribution in [0.15, 0.2) is 71.5 Å². The lowest BCUT2D eigenvalue weighted by Gasteiger charge is -2.15. The third-order valence-corrected chi connectivity index (χ3v) is 4.84. The van der Waals surface area contributed by atoms with Gasteiger partial charge in [0.05, 0.1) is 11.7 Å². The molecule has 5 nitrogen and oxygen atoms in total. The molecule has 1 aliphatic rings. The Morgan fingerprint density at radius 2 is 1.85 bits per heavy atom. The molecule has 27 heavy (non-hydrogen) atoms. The molecule has 0 spiro atoms. The molecule has 0 aliphatic heterocycles. The van der Waals surface area contributed by atoms with E-state index in [0.717, 1.165) is 5.56 Å². The van der Waals surface area contributed by atoms with Gasteiger partial charge in [0, 0.05) is 6.07 Å². The Kier molecular flexibility index (Phi) is 4.59. The molecule has 5 heteroatoms. The Morgan fingerprint density at radius 1 is 1.07 bits per heavy atom. The van der Waals surface area contributed by atoms with Gasteiger partial charge in [0.15, 0.2) is 0 Å². The number of carbonyl (C=O) groups excluding carboxylic acids is 1. The fraction of sp³-hybridized carbons (Fsp3) is 0.227. The van der Waals surface area contributed by atoms with Crippen LogP contribution in [0.2, 0.25) is 0 Å². The summed E-state index contributed by atoms with van der Waals surface area (Å²) in [6, 6.07) is 20.1. The highest BCUT2D eigenvalue weighted by Crippen LogP contribution is 2.40. The van der Waals surface area contributed by atoms with E-state index in [1.54, 1.807) is 12.1 Å². The first-order valence-corrected chi connectivity index (χ1v) is 9.18. The van der Waals surface area contributed by atoms with Gasteiger partial charge in [-0.3, -0.25) is 9.59 Å². The molecule has 4 rings (SSSR count). The van der Waals surface area contributed by atoms with Crippen molar-refractivity contribution in [3.63, 3.8) is 0 Å². The van der Waals surface area contributed by atoms with Crippen molar-refractivity contribution in [1.82, 2.24) is 15.1 Å². The number of carbonyl (C=O) groups is 1. The number of para-hydroxylation sites is 1. The first-order valence-electron chi connectivity index (χ1n) is 9.18. The number of benzene rings is 2. The average molecular weight is 359 g/mol. The summed E-state index contributed by atoms with van der Waals surface area (Å²) in [7, 11) is 0. The molecule has 0 saturated heterocycles. The van der Waals surface area contributed by atoms with Crippen molar-refractivity contribution in [2.45, 2.75) is 31.7 Å². The summed E-state index contributed by atoms with van der Waals surface area (Å²) in [6.07, 6.45) is 2.49. The minimum atomic E-state index is -0.302. The predicted octanol–water partition coefficient (Wildman–Crippen LogP) is 3.60. The van der Waals surface area contributed by atoms with Crippen molar-refractivity contribution in [2.24, 2.45) is 0 Å². The molecule has 0 radical (unpaired) electrons. The summed E-state index contributed by atoms with van der Waals surface area (Å²) >= 11 is 0. The quantitative estimate of drug-likeness (QED) is 0.757. The van der Waals surface area contributed by atoms with Gasteiger partial charge >= 0.3 is 0 Å². The van der Waals surface area contributed by atoms with E-state index in [1.807, 2.05) is 37.3 Å². The summed E-state index contributed by atoms with van der Waals surface area (Å²) < 4.78 is 1.24. The third kappa shape index (κ3) is 3.82. The van der Waals surface area contributed by atoms with Gasteiger partial charge in [0.2, 0.25) is 0 Å². The second kappa shape index (κ2) is 7.19. The fourth-order valence-electron chi connectivity index (χ4n) is 3.14. The van der Waals surface area contributed by atoms with Crippen molar-refractivity contribution in [2.75, 3.05) is 0 Å². The monoisotopic (exact) mass is 359 g/mol. The van der Waals surface area contributed by atoms with Crippen LogP contribution in [0.1, 0.15) is 53.3 Å². The zero-order chi connectivity index (χ0) is 18.8. The molecule has 1 aromatic heterocycles. The highest BCUT2D eigenvalue weighted by Gasteiger charge is 2.24. The second-order valence-corrected chi connectivity index (χ2v) is 6.94. The van der Waals surface area contributed by atoms with Crippen LogP contribution in [0.25, 0.3) is 5.69 Å². The van der Waals surface area contributed by atoms with Crippen LogP contribution in [0.4, 0.5) is 0 Å². The van der Waals surface area contributed by atoms with E-state index in [-0.39, 0.29) is 23.2 Å². The fourth-order valence-corrected chi connectivity index (χ4v) is 3.14. The minimum Gasteiger partial charge on any atom is -0.344 e. The topological polar surface area (TPSA) is 64.0 Å². The molecule has 0 bridgehead atoms. The lowest BCUT2D eigenvalue weighted by atomic mass is 10.0. The molecule has 1 saturated carbocycles. The van der Waals surface area contributed by atoms with Gasteiger partial charge in [-0.05, 0) is 55.0 Å². The zero-order valence-corrected chi connectivity index (χ0v) is 15.1. The number of rotatable bonds is 5. The summed E-state index contributed by atoms with van der Waals surface area (Å²) in [4.78, 5) is 24.8. The number of nitrogens with one attached hydrogen (secondary N) is 1. The van der Waals surface area contributed by atoms with Crippen LogP contribution in [-0.2, 0) is 0 Å². The number of aromatic nitrogens is 2. The van der Waals surface area contributed by atoms with Crippen LogP contribution >= 0.6 is 0 Å². The van der Waals surface area contributed by atoms with Gasteiger partial charge in [0.1, 0.15) is 5.69 Å². The number of hydrogen-bond donors (Lipinski definition) is 1. The molecule has 1 amide bonds. The van der Waals surface area contributed by atoms with Crippen molar-refractivity contribution < 1.29 is 4.79 Å². The van der Waals surface area contributed by atoms with Gasteiger partial charge < -0.3 is 5.32 Å². The molecular weight excluding hydrogens is 338 g/mol. The Bertz CT molecular complexity index is 1020. The predicted molar refractivity (Wildman–Crippen MR) is 104 cm³/mol. The lowest BCUT2D eigenvalue weighted by Crippen LogP contribution is -2.30. The Balaban J connectivity index is 1.54. The van der Waals surface area contributed by atoms with Gasteiger partial charge in [-0.15, -0.1) is 0 Å². The highest BCUT2D eigenvalue weighted by atomic mass is 16.2. The third-order valence-electron chi connectivity index (χ3n) is 4.84. The lowest BCUT2D eigenvalue weighted by molar-refractivity contribution is 0.0933. The second-order valence-electron chi connectivity index (χ2n) is 6.94. The Morgan fingerprint density at radius 3 is 2.59 bits per heavy atom. The molecule has 3 aromatic rings. The molecule has 2 aromatic carbocycles. The summed E-state index contributed by atoms with van der Waals surface area (Å²) in [5.74, 6) is 0.368. The van der Waals surface area contributed by atoms with Crippen LogP contribution < -0.4 is 10.9 Å². The minimum absolute atomic E-state index is 0.143. The Labute approximate surface area is 157 Å². The van der Waals surface area contributed by atoms with Gasteiger partial charge in [-0.2, -0.15) is 9.78 Å². The van der Waals surface area contributed by atoms with E-state index >= 15 is 0 Å². The van der Waals surface area contributed by atoms with Crippen molar-refractivity contribution in [1.29, 1.82) is 0 Å². The highest BCUT2D eigenvalue weighted by molar-refractivity contribution is 5.92. The number of amides is 1. The summed E-state index contributed by atoms with van der Waals surface area (Å²) in [5.41, 5.74) is 2.97. The molecule has 0 unspecified atom stereocenters. The Hall–Kier alpha value is -3.21. The molecule has 1 heterocycles. The van der Waals surface area contributed by atoms with Crippen LogP contribution in [0, 0.1) is 0 Å². The largest absolute Gasteiger partial charge is 0.344 e. The van der Waals surface area contributed by atoms with Crippen LogP contribution in [-0.4, -0.2) is 15.7 Å². The van der Waals surface area contributed by atoms with E-state index in [2.05, 4.69) is 22.5 Å². The summed E-state index contributed by atoms with van der Waals surface area (Å²) in [6.45, 7) is 1.96. The first kappa shape index (κ1) is 17.2. The van der Waals surface area contributed by atoms with Crippen molar-refractivity contribution in [3.8, 4) is 5.69 Å². The summed E-state index contributed by atoms with van der Waals surface area (Å²) in [5, 5.41) is 7.22. The molecule has 1 fully saturated rings. The number of nitrogens with zero attached hydrogens (tertiary/aromatic N) is 2. The van der Waals surface area contributed by atoms with Crippen LogP contribution in [0.5, 0.6) is 0 Å². The maximum atomic E-state index is 12.7. The number of hydrogen-bond acceptors (Lipinski definition) is 3. The van der Waals surface area contributed by atoms with Crippen molar-refractivity contribution in [3.05, 3.63) is 93.9 Å². The zero-order valence-electron chi connectivity index (χ0n) is 15.1. The van der Waals surface area contributed by atoms with E-state index in [9.17, 15) is 9.59 Å². The normalized spacial score (nSPS) is 14.6. The maximum absolute atomic E-state index is 12.7. The molecule has 136 valence electrons. The van der Waals surface area contributed by atoms with E-state index in [0.29, 0.717) is 11.6 Å². The molecule has 1 N–H and O–H groups in total. The maximum Gasteiger partial charge on any atom is 0.272 e. The van der Waals surface area contributed by atoms with Gasteiger partial charge in [0.25, 0.3) is 11.5 Å². The van der Waals surface area contributed by atoms with E-state index in [1.165, 1.54) is 35.2 Å². The van der Waals surface area contributed by atoms with E-state index in [4.69, 9.17) is 0 Å². The molecular formula is C22H21N3O2. The first-order chi connectivity index (χ1) is 13.1. The smallest absolute Gasteiger partial charge is 0.272 e.